The van der Waals surface area contributed by atoms with E-state index in [0.717, 1.165) is 16.6 Å². The van der Waals surface area contributed by atoms with Crippen LogP contribution in [0.2, 0.25) is 16.6 Å². The number of nitrogens with zero attached hydrogens (tertiary/aromatic N) is 3. The van der Waals surface area contributed by atoms with Crippen molar-refractivity contribution in [3.8, 4) is 17.1 Å². The molecule has 0 amide bonds. The fourth-order valence-electron chi connectivity index (χ4n) is 5.14. The van der Waals surface area contributed by atoms with Crippen LogP contribution in [-0.4, -0.2) is 28.4 Å². The second kappa shape index (κ2) is 8.22. The highest BCUT2D eigenvalue weighted by Gasteiger charge is 2.45. The lowest BCUT2D eigenvalue weighted by molar-refractivity contribution is -0.132. The highest BCUT2D eigenvalue weighted by atomic mass is 28.3. The van der Waals surface area contributed by atoms with Gasteiger partial charge in [-0.15, -0.1) is 0 Å². The summed E-state index contributed by atoms with van der Waals surface area (Å²) in [5.41, 5.74) is 10.5. The zero-order valence-corrected chi connectivity index (χ0v) is 19.9. The third-order valence-corrected chi connectivity index (χ3v) is 12.9. The Morgan fingerprint density at radius 1 is 1.07 bits per heavy atom. The van der Waals surface area contributed by atoms with Crippen molar-refractivity contribution in [3.05, 3.63) is 36.7 Å². The van der Waals surface area contributed by atoms with Crippen LogP contribution in [0.15, 0.2) is 36.7 Å². The van der Waals surface area contributed by atoms with E-state index in [2.05, 4.69) is 69.1 Å². The lowest BCUT2D eigenvalue weighted by Gasteiger charge is -2.44. The van der Waals surface area contributed by atoms with Crippen LogP contribution in [0, 0.1) is 0 Å². The number of esters is 1. The zero-order chi connectivity index (χ0) is 22.2. The molecule has 0 radical (unpaired) electrons. The first-order valence-electron chi connectivity index (χ1n) is 10.5. The summed E-state index contributed by atoms with van der Waals surface area (Å²) in [6.45, 7) is 15.4. The SMILES string of the molecule is CC(=O)Oc1nc(-c2cnc3c(ccn3[Si](C(C)C)(C(C)C)C(C)C)c2)ccc1N. The summed E-state index contributed by atoms with van der Waals surface area (Å²) in [4.78, 5) is 20.6. The monoisotopic (exact) mass is 424 g/mol. The van der Waals surface area contributed by atoms with E-state index < -0.39 is 14.2 Å². The molecule has 0 atom stereocenters. The van der Waals surface area contributed by atoms with Gasteiger partial charge in [0, 0.05) is 24.1 Å². The molecule has 0 bridgehead atoms. The summed E-state index contributed by atoms with van der Waals surface area (Å²) in [5, 5.41) is 1.08. The maximum atomic E-state index is 11.3. The summed E-state index contributed by atoms with van der Waals surface area (Å²) in [6.07, 6.45) is 4.06. The number of hydrogen-bond donors (Lipinski definition) is 1. The van der Waals surface area contributed by atoms with E-state index in [1.165, 1.54) is 6.92 Å². The molecule has 0 spiro atoms. The van der Waals surface area contributed by atoms with Crippen molar-refractivity contribution in [2.45, 2.75) is 65.1 Å². The number of nitrogen functional groups attached to an aromatic ring is 1. The number of carbonyl (C=O) groups excluding carboxylic acids is 1. The van der Waals surface area contributed by atoms with Gasteiger partial charge in [-0.25, -0.2) is 9.97 Å². The molecule has 0 saturated heterocycles. The van der Waals surface area contributed by atoms with Crippen molar-refractivity contribution in [2.24, 2.45) is 0 Å². The summed E-state index contributed by atoms with van der Waals surface area (Å²) >= 11 is 0. The van der Waals surface area contributed by atoms with E-state index in [1.807, 2.05) is 12.3 Å². The Morgan fingerprint density at radius 3 is 2.27 bits per heavy atom. The van der Waals surface area contributed by atoms with E-state index in [0.29, 0.717) is 28.0 Å². The molecule has 6 nitrogen and oxygen atoms in total. The molecule has 0 fully saturated rings. The molecule has 3 aromatic heterocycles. The smallest absolute Gasteiger partial charge is 0.309 e. The molecule has 0 aliphatic carbocycles. The van der Waals surface area contributed by atoms with Gasteiger partial charge in [-0.05, 0) is 47.1 Å². The Labute approximate surface area is 179 Å². The number of hydrogen-bond acceptors (Lipinski definition) is 5. The second-order valence-electron chi connectivity index (χ2n) is 8.86. The van der Waals surface area contributed by atoms with Gasteiger partial charge in [0.2, 0.25) is 5.88 Å². The van der Waals surface area contributed by atoms with Gasteiger partial charge in [-0.3, -0.25) is 4.79 Å². The van der Waals surface area contributed by atoms with Crippen LogP contribution in [0.4, 0.5) is 5.69 Å². The van der Waals surface area contributed by atoms with Crippen LogP contribution in [0.3, 0.4) is 0 Å². The topological polar surface area (TPSA) is 83.0 Å². The maximum Gasteiger partial charge on any atom is 0.309 e. The average molecular weight is 425 g/mol. The molecule has 0 saturated carbocycles. The maximum absolute atomic E-state index is 11.3. The molecular weight excluding hydrogens is 392 g/mol. The first-order valence-corrected chi connectivity index (χ1v) is 12.7. The summed E-state index contributed by atoms with van der Waals surface area (Å²) in [6, 6.07) is 7.75. The molecule has 2 N–H and O–H groups in total. The summed E-state index contributed by atoms with van der Waals surface area (Å²) in [7, 11) is -1.88. The number of rotatable bonds is 6. The number of pyridine rings is 2. The average Bonchev–Trinajstić information content (AvgIpc) is 3.06. The van der Waals surface area contributed by atoms with Gasteiger partial charge in [-0.1, -0.05) is 41.5 Å². The van der Waals surface area contributed by atoms with Crippen molar-refractivity contribution < 1.29 is 9.53 Å². The number of nitrogens with two attached hydrogens (primary N) is 1. The van der Waals surface area contributed by atoms with E-state index in [-0.39, 0.29) is 5.88 Å². The van der Waals surface area contributed by atoms with Crippen LogP contribution >= 0.6 is 0 Å². The van der Waals surface area contributed by atoms with Crippen LogP contribution in [0.25, 0.3) is 22.3 Å². The third-order valence-electron chi connectivity index (χ3n) is 6.14. The van der Waals surface area contributed by atoms with E-state index >= 15 is 0 Å². The first-order chi connectivity index (χ1) is 14.1. The van der Waals surface area contributed by atoms with Crippen LogP contribution in [-0.2, 0) is 4.79 Å². The second-order valence-corrected chi connectivity index (χ2v) is 14.6. The summed E-state index contributed by atoms with van der Waals surface area (Å²) in [5.74, 6) is -0.321. The molecule has 0 aromatic carbocycles. The Morgan fingerprint density at radius 2 is 1.70 bits per heavy atom. The Hall–Kier alpha value is -2.67. The van der Waals surface area contributed by atoms with E-state index in [1.54, 1.807) is 6.07 Å². The van der Waals surface area contributed by atoms with Gasteiger partial charge >= 0.3 is 5.97 Å². The quantitative estimate of drug-likeness (QED) is 0.409. The number of aromatic nitrogens is 3. The van der Waals surface area contributed by atoms with Gasteiger partial charge in [0.25, 0.3) is 0 Å². The number of ether oxygens (including phenoxy) is 1. The molecule has 0 aliphatic rings. The summed E-state index contributed by atoms with van der Waals surface area (Å²) < 4.78 is 7.62. The minimum Gasteiger partial charge on any atom is -0.405 e. The molecule has 3 heterocycles. The van der Waals surface area contributed by atoms with Gasteiger partial charge < -0.3 is 14.7 Å². The van der Waals surface area contributed by atoms with Crippen LogP contribution in [0.5, 0.6) is 5.88 Å². The van der Waals surface area contributed by atoms with Gasteiger partial charge in [-0.2, -0.15) is 0 Å². The zero-order valence-electron chi connectivity index (χ0n) is 18.9. The predicted molar refractivity (Wildman–Crippen MR) is 125 cm³/mol. The van der Waals surface area contributed by atoms with Crippen LogP contribution in [0.1, 0.15) is 48.5 Å². The standard InChI is InChI=1S/C23H32N4O2Si/c1-14(2)30(15(3)4,16(5)6)27-11-10-18-12-19(13-25-22(18)27)21-9-8-20(24)23(26-21)29-17(7)28/h8-16H,24H2,1-7H3. The Bertz CT molecular complexity index is 1050. The third kappa shape index (κ3) is 3.62. The van der Waals surface area contributed by atoms with E-state index in [4.69, 9.17) is 15.5 Å². The minimum absolute atomic E-state index is 0.128. The largest absolute Gasteiger partial charge is 0.405 e. The molecule has 3 aromatic rings. The van der Waals surface area contributed by atoms with Gasteiger partial charge in [0.05, 0.1) is 11.4 Å². The van der Waals surface area contributed by atoms with Gasteiger partial charge in [0.1, 0.15) is 5.65 Å². The van der Waals surface area contributed by atoms with Crippen molar-refractivity contribution in [2.75, 3.05) is 5.73 Å². The van der Waals surface area contributed by atoms with E-state index in [9.17, 15) is 4.79 Å². The first kappa shape index (κ1) is 22.0. The highest BCUT2D eigenvalue weighted by molar-refractivity contribution is 6.82. The molecule has 160 valence electrons. The molecule has 7 heteroatoms. The molecule has 3 rings (SSSR count). The molecule has 0 aliphatic heterocycles. The van der Waals surface area contributed by atoms with Crippen molar-refractivity contribution in [1.82, 2.24) is 14.2 Å². The lowest BCUT2D eigenvalue weighted by atomic mass is 10.1. The van der Waals surface area contributed by atoms with Crippen molar-refractivity contribution >= 4 is 30.9 Å². The number of fused-ring (bicyclic) bond motifs is 1. The highest BCUT2D eigenvalue weighted by Crippen LogP contribution is 2.44. The Balaban J connectivity index is 2.12. The molecular formula is C23H32N4O2Si. The van der Waals surface area contributed by atoms with Crippen molar-refractivity contribution in [3.63, 3.8) is 0 Å². The predicted octanol–water partition coefficient (Wildman–Crippen LogP) is 5.63. The van der Waals surface area contributed by atoms with Crippen molar-refractivity contribution in [1.29, 1.82) is 0 Å². The van der Waals surface area contributed by atoms with Crippen LogP contribution < -0.4 is 10.5 Å². The molecule has 0 unspecified atom stereocenters. The lowest BCUT2D eigenvalue weighted by Crippen LogP contribution is -2.51. The molecule has 30 heavy (non-hydrogen) atoms. The fourth-order valence-corrected chi connectivity index (χ4v) is 11.7. The number of anilines is 1. The normalized spacial score (nSPS) is 12.3. The Kier molecular flexibility index (Phi) is 6.03. The fraction of sp³-hybridized carbons (Fsp3) is 0.435. The number of carbonyl (C=O) groups is 1. The minimum atomic E-state index is -1.88. The van der Waals surface area contributed by atoms with Gasteiger partial charge in [0.15, 0.2) is 8.24 Å².